The molecule has 2 rings (SSSR count). The number of halogens is 1. The summed E-state index contributed by atoms with van der Waals surface area (Å²) in [5.74, 6) is -0.156. The highest BCUT2D eigenvalue weighted by atomic mass is 19.1. The van der Waals surface area contributed by atoms with Gasteiger partial charge in [-0.3, -0.25) is 4.90 Å². The molecule has 0 bridgehead atoms. The van der Waals surface area contributed by atoms with Gasteiger partial charge in [-0.15, -0.1) is 0 Å². The van der Waals surface area contributed by atoms with Crippen molar-refractivity contribution in [3.05, 3.63) is 34.6 Å². The van der Waals surface area contributed by atoms with Crippen molar-refractivity contribution in [2.45, 2.75) is 65.0 Å². The first-order valence-electron chi connectivity index (χ1n) is 8.17. The lowest BCUT2D eigenvalue weighted by atomic mass is 9.80. The standard InChI is InChI=1S/C18H29FN2/c1-5-18(4,21-9-7-6-8-10-21)17(20)16-14(3)11-13(2)12-15(16)19/h11-12,17H,5-10,20H2,1-4H3. The Morgan fingerprint density at radius 2 is 1.86 bits per heavy atom. The van der Waals surface area contributed by atoms with Gasteiger partial charge in [0.25, 0.3) is 0 Å². The molecule has 3 heteroatoms. The van der Waals surface area contributed by atoms with Gasteiger partial charge in [0.1, 0.15) is 5.82 Å². The molecule has 1 fully saturated rings. The molecule has 1 heterocycles. The van der Waals surface area contributed by atoms with Crippen LogP contribution in [-0.4, -0.2) is 23.5 Å². The molecule has 2 atom stereocenters. The van der Waals surface area contributed by atoms with Gasteiger partial charge in [-0.05, 0) is 70.3 Å². The van der Waals surface area contributed by atoms with Crippen LogP contribution in [0.5, 0.6) is 0 Å². The molecule has 2 unspecified atom stereocenters. The molecular formula is C18H29FN2. The van der Waals surface area contributed by atoms with Crippen molar-refractivity contribution in [2.24, 2.45) is 5.73 Å². The minimum Gasteiger partial charge on any atom is -0.322 e. The van der Waals surface area contributed by atoms with Crippen LogP contribution in [0.3, 0.4) is 0 Å². The van der Waals surface area contributed by atoms with E-state index in [1.165, 1.54) is 19.3 Å². The number of benzene rings is 1. The molecule has 1 aliphatic heterocycles. The fourth-order valence-corrected chi connectivity index (χ4v) is 3.68. The van der Waals surface area contributed by atoms with Gasteiger partial charge in [-0.25, -0.2) is 4.39 Å². The minimum atomic E-state index is -0.291. The van der Waals surface area contributed by atoms with E-state index in [4.69, 9.17) is 5.73 Å². The highest BCUT2D eigenvalue weighted by Crippen LogP contribution is 2.37. The third kappa shape index (κ3) is 3.14. The van der Waals surface area contributed by atoms with Gasteiger partial charge in [-0.2, -0.15) is 0 Å². The van der Waals surface area contributed by atoms with Gasteiger partial charge in [0.05, 0.1) is 6.04 Å². The Bertz CT molecular complexity index is 471. The molecule has 0 saturated carbocycles. The Balaban J connectivity index is 2.37. The predicted octanol–water partition coefficient (Wildman–Crippen LogP) is 4.10. The second-order valence-corrected chi connectivity index (χ2v) is 6.71. The molecule has 2 N–H and O–H groups in total. The summed E-state index contributed by atoms with van der Waals surface area (Å²) in [4.78, 5) is 2.47. The van der Waals surface area contributed by atoms with E-state index in [0.29, 0.717) is 5.56 Å². The van der Waals surface area contributed by atoms with E-state index in [1.807, 2.05) is 19.9 Å². The van der Waals surface area contributed by atoms with Gasteiger partial charge >= 0.3 is 0 Å². The Labute approximate surface area is 128 Å². The van der Waals surface area contributed by atoms with Crippen LogP contribution in [0.2, 0.25) is 0 Å². The number of rotatable bonds is 4. The van der Waals surface area contributed by atoms with Crippen molar-refractivity contribution >= 4 is 0 Å². The maximum Gasteiger partial charge on any atom is 0.128 e. The Morgan fingerprint density at radius 3 is 2.38 bits per heavy atom. The van der Waals surface area contributed by atoms with Crippen LogP contribution in [0.25, 0.3) is 0 Å². The molecule has 0 spiro atoms. The quantitative estimate of drug-likeness (QED) is 0.905. The fourth-order valence-electron chi connectivity index (χ4n) is 3.68. The van der Waals surface area contributed by atoms with Crippen molar-refractivity contribution in [2.75, 3.05) is 13.1 Å². The van der Waals surface area contributed by atoms with E-state index >= 15 is 0 Å². The van der Waals surface area contributed by atoms with Gasteiger partial charge in [-0.1, -0.05) is 19.4 Å². The lowest BCUT2D eigenvalue weighted by Gasteiger charge is -2.47. The SMILES string of the molecule is CCC(C)(C(N)c1c(C)cc(C)cc1F)N1CCCCC1. The molecule has 118 valence electrons. The molecular weight excluding hydrogens is 263 g/mol. The summed E-state index contributed by atoms with van der Waals surface area (Å²) in [7, 11) is 0. The molecule has 1 aromatic rings. The number of nitrogens with two attached hydrogens (primary N) is 1. The van der Waals surface area contributed by atoms with Crippen molar-refractivity contribution in [3.63, 3.8) is 0 Å². The highest BCUT2D eigenvalue weighted by Gasteiger charge is 2.39. The summed E-state index contributed by atoms with van der Waals surface area (Å²) < 4.78 is 14.5. The van der Waals surface area contributed by atoms with Crippen LogP contribution in [0.15, 0.2) is 12.1 Å². The Hall–Kier alpha value is -0.930. The lowest BCUT2D eigenvalue weighted by Crippen LogP contribution is -2.55. The summed E-state index contributed by atoms with van der Waals surface area (Å²) in [6.45, 7) is 10.4. The summed E-state index contributed by atoms with van der Waals surface area (Å²) in [6, 6.07) is 3.35. The second kappa shape index (κ2) is 6.45. The van der Waals surface area contributed by atoms with E-state index in [1.54, 1.807) is 6.07 Å². The van der Waals surface area contributed by atoms with Gasteiger partial charge in [0.2, 0.25) is 0 Å². The van der Waals surface area contributed by atoms with Gasteiger partial charge in [0.15, 0.2) is 0 Å². The predicted molar refractivity (Wildman–Crippen MR) is 86.9 cm³/mol. The maximum absolute atomic E-state index is 14.5. The zero-order valence-corrected chi connectivity index (χ0v) is 13.9. The number of aryl methyl sites for hydroxylation is 2. The van der Waals surface area contributed by atoms with E-state index < -0.39 is 0 Å². The zero-order chi connectivity index (χ0) is 15.6. The van der Waals surface area contributed by atoms with Crippen molar-refractivity contribution in [3.8, 4) is 0 Å². The first kappa shape index (κ1) is 16.4. The maximum atomic E-state index is 14.5. The third-order valence-electron chi connectivity index (χ3n) is 5.26. The van der Waals surface area contributed by atoms with Crippen LogP contribution >= 0.6 is 0 Å². The smallest absolute Gasteiger partial charge is 0.128 e. The van der Waals surface area contributed by atoms with Crippen molar-refractivity contribution < 1.29 is 4.39 Å². The fraction of sp³-hybridized carbons (Fsp3) is 0.667. The number of piperidine rings is 1. The monoisotopic (exact) mass is 292 g/mol. The number of likely N-dealkylation sites (tertiary alicyclic amines) is 1. The van der Waals surface area contributed by atoms with E-state index in [2.05, 4.69) is 18.7 Å². The molecule has 2 nitrogen and oxygen atoms in total. The highest BCUT2D eigenvalue weighted by molar-refractivity contribution is 5.36. The summed E-state index contributed by atoms with van der Waals surface area (Å²) >= 11 is 0. The van der Waals surface area contributed by atoms with Crippen molar-refractivity contribution in [1.82, 2.24) is 4.90 Å². The summed E-state index contributed by atoms with van der Waals surface area (Å²) in [6.07, 6.45) is 4.67. The van der Waals surface area contributed by atoms with E-state index in [0.717, 1.165) is 30.6 Å². The number of hydrogen-bond donors (Lipinski definition) is 1. The van der Waals surface area contributed by atoms with Crippen LogP contribution in [0.1, 0.15) is 62.3 Å². The second-order valence-electron chi connectivity index (χ2n) is 6.71. The van der Waals surface area contributed by atoms with Crippen LogP contribution in [-0.2, 0) is 0 Å². The first-order valence-corrected chi connectivity index (χ1v) is 8.17. The number of hydrogen-bond acceptors (Lipinski definition) is 2. The van der Waals surface area contributed by atoms with Crippen LogP contribution < -0.4 is 5.73 Å². The summed E-state index contributed by atoms with van der Waals surface area (Å²) in [5, 5.41) is 0. The first-order chi connectivity index (χ1) is 9.90. The average Bonchev–Trinajstić information content (AvgIpc) is 2.46. The Morgan fingerprint density at radius 1 is 1.24 bits per heavy atom. The summed E-state index contributed by atoms with van der Waals surface area (Å²) in [5.41, 5.74) is 9.02. The molecule has 0 aromatic heterocycles. The van der Waals surface area contributed by atoms with E-state index in [9.17, 15) is 4.39 Å². The molecule has 1 saturated heterocycles. The molecule has 0 aliphatic carbocycles. The van der Waals surface area contributed by atoms with Crippen molar-refractivity contribution in [1.29, 1.82) is 0 Å². The topological polar surface area (TPSA) is 29.3 Å². The number of nitrogens with zero attached hydrogens (tertiary/aromatic N) is 1. The normalized spacial score (nSPS) is 21.0. The third-order valence-corrected chi connectivity index (χ3v) is 5.26. The Kier molecular flexibility index (Phi) is 5.05. The van der Waals surface area contributed by atoms with E-state index in [-0.39, 0.29) is 17.4 Å². The van der Waals surface area contributed by atoms with Gasteiger partial charge < -0.3 is 5.73 Å². The molecule has 0 amide bonds. The zero-order valence-electron chi connectivity index (χ0n) is 13.9. The largest absolute Gasteiger partial charge is 0.322 e. The lowest BCUT2D eigenvalue weighted by molar-refractivity contribution is 0.0531. The molecule has 21 heavy (non-hydrogen) atoms. The molecule has 1 aliphatic rings. The van der Waals surface area contributed by atoms with Crippen LogP contribution in [0.4, 0.5) is 4.39 Å². The minimum absolute atomic E-state index is 0.156. The molecule has 0 radical (unpaired) electrons. The average molecular weight is 292 g/mol. The van der Waals surface area contributed by atoms with Gasteiger partial charge in [0, 0.05) is 11.1 Å². The van der Waals surface area contributed by atoms with Crippen LogP contribution in [0, 0.1) is 19.7 Å². The molecule has 1 aromatic carbocycles.